The number of nitrogens with zero attached hydrogens (tertiary/aromatic N) is 1. The molecule has 0 fully saturated rings. The van der Waals surface area contributed by atoms with Gasteiger partial charge in [-0.25, -0.2) is 9.78 Å². The molecule has 1 aromatic carbocycles. The molecule has 202 valence electrons. The van der Waals surface area contributed by atoms with Crippen LogP contribution in [0.25, 0.3) is 10.9 Å². The molecule has 9 N–H and O–H groups in total. The Kier molecular flexibility index (Phi) is 9.54. The molecule has 3 aromatic rings. The number of amides is 3. The second kappa shape index (κ2) is 13.0. The first-order chi connectivity index (χ1) is 18.1. The van der Waals surface area contributed by atoms with E-state index in [-0.39, 0.29) is 19.3 Å². The predicted molar refractivity (Wildman–Crippen MR) is 134 cm³/mol. The number of carbonyl (C=O) groups excluding carboxylic acids is 3. The molecule has 0 aliphatic carbocycles. The maximum absolute atomic E-state index is 12.9. The molecule has 0 spiro atoms. The van der Waals surface area contributed by atoms with Gasteiger partial charge in [-0.05, 0) is 24.5 Å². The van der Waals surface area contributed by atoms with E-state index in [1.165, 1.54) is 12.5 Å². The number of hydrogen-bond acceptors (Lipinski definition) is 7. The van der Waals surface area contributed by atoms with Crippen LogP contribution in [0.1, 0.15) is 24.1 Å². The van der Waals surface area contributed by atoms with Gasteiger partial charge in [0.2, 0.25) is 17.7 Å². The number of rotatable bonds is 14. The lowest BCUT2D eigenvalue weighted by Crippen LogP contribution is -2.54. The Hall–Kier alpha value is -4.72. The van der Waals surface area contributed by atoms with Crippen LogP contribution in [-0.2, 0) is 36.8 Å². The van der Waals surface area contributed by atoms with Gasteiger partial charge in [-0.1, -0.05) is 18.2 Å². The summed E-state index contributed by atoms with van der Waals surface area (Å²) >= 11 is 0. The molecule has 3 amide bonds. The Bertz CT molecular complexity index is 1290. The van der Waals surface area contributed by atoms with Crippen molar-refractivity contribution >= 4 is 40.6 Å². The van der Waals surface area contributed by atoms with Crippen LogP contribution in [0.5, 0.6) is 0 Å². The Labute approximate surface area is 216 Å². The molecule has 14 heteroatoms. The van der Waals surface area contributed by atoms with E-state index in [0.717, 1.165) is 16.5 Å². The Balaban J connectivity index is 1.60. The van der Waals surface area contributed by atoms with Crippen LogP contribution in [0, 0.1) is 0 Å². The van der Waals surface area contributed by atoms with Gasteiger partial charge in [-0.15, -0.1) is 0 Å². The van der Waals surface area contributed by atoms with Crippen LogP contribution in [0.2, 0.25) is 0 Å². The third kappa shape index (κ3) is 7.89. The second-order valence-electron chi connectivity index (χ2n) is 8.62. The first-order valence-corrected chi connectivity index (χ1v) is 11.7. The van der Waals surface area contributed by atoms with Crippen molar-refractivity contribution < 1.29 is 34.2 Å². The fourth-order valence-corrected chi connectivity index (χ4v) is 3.80. The molecule has 2 heterocycles. The van der Waals surface area contributed by atoms with Gasteiger partial charge in [-0.2, -0.15) is 0 Å². The number of aromatic amines is 2. The van der Waals surface area contributed by atoms with E-state index in [9.17, 15) is 29.1 Å². The van der Waals surface area contributed by atoms with E-state index < -0.39 is 60.8 Å². The summed E-state index contributed by atoms with van der Waals surface area (Å²) in [5, 5.41) is 26.0. The van der Waals surface area contributed by atoms with Crippen molar-refractivity contribution in [3.63, 3.8) is 0 Å². The van der Waals surface area contributed by atoms with Crippen molar-refractivity contribution in [2.75, 3.05) is 6.54 Å². The quantitative estimate of drug-likeness (QED) is 0.129. The van der Waals surface area contributed by atoms with Gasteiger partial charge in [-0.3, -0.25) is 19.2 Å². The topological polar surface area (TPSA) is 232 Å². The number of carbonyl (C=O) groups is 5. The lowest BCUT2D eigenvalue weighted by Gasteiger charge is -2.20. The molecular formula is C24H29N7O7. The summed E-state index contributed by atoms with van der Waals surface area (Å²) in [6.45, 7) is -0.591. The Morgan fingerprint density at radius 2 is 1.74 bits per heavy atom. The monoisotopic (exact) mass is 527 g/mol. The van der Waals surface area contributed by atoms with Gasteiger partial charge in [0.05, 0.1) is 18.9 Å². The number of carboxylic acids is 2. The molecule has 0 radical (unpaired) electrons. The number of nitrogens with two attached hydrogens (primary N) is 1. The van der Waals surface area contributed by atoms with Crippen molar-refractivity contribution in [3.8, 4) is 0 Å². The van der Waals surface area contributed by atoms with Gasteiger partial charge in [0.1, 0.15) is 12.1 Å². The smallest absolute Gasteiger partial charge is 0.326 e. The standard InChI is InChI=1S/C24H29N7O7/c25-16(7-13-9-27-17-4-2-1-3-15(13)17)22(35)31-19(8-14-10-26-12-29-14)23(36)28-11-20(32)30-18(24(37)38)5-6-21(33)34/h1-4,9-10,12,16,18-19,27H,5-8,11,25H2,(H,26,29)(H,28,36)(H,30,32)(H,31,35)(H,33,34)(H,37,38). The van der Waals surface area contributed by atoms with E-state index in [2.05, 4.69) is 30.9 Å². The zero-order chi connectivity index (χ0) is 27.7. The summed E-state index contributed by atoms with van der Waals surface area (Å²) in [5.74, 6) is -4.74. The maximum atomic E-state index is 12.9. The first-order valence-electron chi connectivity index (χ1n) is 11.7. The molecule has 0 aliphatic rings. The minimum Gasteiger partial charge on any atom is -0.481 e. The highest BCUT2D eigenvalue weighted by Gasteiger charge is 2.26. The SMILES string of the molecule is NC(Cc1c[nH]c2ccccc12)C(=O)NC(Cc1cnc[nH]1)C(=O)NCC(=O)NC(CCC(=O)O)C(=O)O. The minimum atomic E-state index is -1.43. The number of carboxylic acid groups (broad SMARTS) is 2. The predicted octanol–water partition coefficient (Wildman–Crippen LogP) is -0.961. The van der Waals surface area contributed by atoms with E-state index in [1.807, 2.05) is 24.3 Å². The summed E-state index contributed by atoms with van der Waals surface area (Å²) in [6.07, 6.45) is 4.11. The number of H-pyrrole nitrogens is 2. The fourth-order valence-electron chi connectivity index (χ4n) is 3.80. The van der Waals surface area contributed by atoms with Crippen molar-refractivity contribution in [1.29, 1.82) is 0 Å². The normalized spacial score (nSPS) is 13.3. The van der Waals surface area contributed by atoms with Crippen LogP contribution in [0.3, 0.4) is 0 Å². The summed E-state index contributed by atoms with van der Waals surface area (Å²) in [7, 11) is 0. The largest absolute Gasteiger partial charge is 0.481 e. The molecule has 0 aliphatic heterocycles. The highest BCUT2D eigenvalue weighted by Crippen LogP contribution is 2.18. The number of aromatic nitrogens is 3. The average molecular weight is 528 g/mol. The molecule has 2 aromatic heterocycles. The average Bonchev–Trinajstić information content (AvgIpc) is 3.54. The summed E-state index contributed by atoms with van der Waals surface area (Å²) in [4.78, 5) is 69.8. The highest BCUT2D eigenvalue weighted by atomic mass is 16.4. The molecule has 38 heavy (non-hydrogen) atoms. The maximum Gasteiger partial charge on any atom is 0.326 e. The number of hydrogen-bond donors (Lipinski definition) is 8. The lowest BCUT2D eigenvalue weighted by atomic mass is 10.0. The van der Waals surface area contributed by atoms with Crippen LogP contribution in [-0.4, -0.2) is 79.5 Å². The number of nitrogens with one attached hydrogen (secondary N) is 5. The molecule has 14 nitrogen and oxygen atoms in total. The number of aliphatic carboxylic acids is 2. The van der Waals surface area contributed by atoms with E-state index in [1.54, 1.807) is 6.20 Å². The molecule has 3 rings (SSSR count). The van der Waals surface area contributed by atoms with Gasteiger partial charge in [0, 0.05) is 41.8 Å². The summed E-state index contributed by atoms with van der Waals surface area (Å²) < 4.78 is 0. The molecule has 0 saturated heterocycles. The van der Waals surface area contributed by atoms with Gasteiger partial charge in [0.25, 0.3) is 0 Å². The van der Waals surface area contributed by atoms with Crippen LogP contribution in [0.15, 0.2) is 43.0 Å². The van der Waals surface area contributed by atoms with Crippen LogP contribution < -0.4 is 21.7 Å². The van der Waals surface area contributed by atoms with Crippen molar-refractivity contribution in [2.24, 2.45) is 5.73 Å². The third-order valence-corrected chi connectivity index (χ3v) is 5.77. The van der Waals surface area contributed by atoms with Crippen molar-refractivity contribution in [3.05, 3.63) is 54.2 Å². The number of fused-ring (bicyclic) bond motifs is 1. The molecular weight excluding hydrogens is 498 g/mol. The van der Waals surface area contributed by atoms with Crippen LogP contribution in [0.4, 0.5) is 0 Å². The zero-order valence-corrected chi connectivity index (χ0v) is 20.3. The molecule has 3 atom stereocenters. The molecule has 0 bridgehead atoms. The summed E-state index contributed by atoms with van der Waals surface area (Å²) in [6, 6.07) is 4.03. The van der Waals surface area contributed by atoms with Gasteiger partial charge >= 0.3 is 11.9 Å². The third-order valence-electron chi connectivity index (χ3n) is 5.77. The minimum absolute atomic E-state index is 0.0232. The number of benzene rings is 1. The van der Waals surface area contributed by atoms with E-state index in [0.29, 0.717) is 5.69 Å². The van der Waals surface area contributed by atoms with E-state index in [4.69, 9.17) is 10.8 Å². The van der Waals surface area contributed by atoms with E-state index >= 15 is 0 Å². The Morgan fingerprint density at radius 1 is 0.974 bits per heavy atom. The molecule has 3 unspecified atom stereocenters. The van der Waals surface area contributed by atoms with Crippen molar-refractivity contribution in [1.82, 2.24) is 30.9 Å². The summed E-state index contributed by atoms with van der Waals surface area (Å²) in [5.41, 5.74) is 8.42. The lowest BCUT2D eigenvalue weighted by molar-refractivity contribution is -0.143. The van der Waals surface area contributed by atoms with Crippen LogP contribution >= 0.6 is 0 Å². The molecule has 0 saturated carbocycles. The van der Waals surface area contributed by atoms with Gasteiger partial charge < -0.3 is 41.9 Å². The Morgan fingerprint density at radius 3 is 2.42 bits per heavy atom. The highest BCUT2D eigenvalue weighted by molar-refractivity contribution is 5.93. The number of para-hydroxylation sites is 1. The van der Waals surface area contributed by atoms with Crippen molar-refractivity contribution in [2.45, 2.75) is 43.8 Å². The fraction of sp³-hybridized carbons (Fsp3) is 0.333. The first kappa shape index (κ1) is 27.9. The second-order valence-corrected chi connectivity index (χ2v) is 8.62. The van der Waals surface area contributed by atoms with Gasteiger partial charge in [0.15, 0.2) is 0 Å². The zero-order valence-electron chi connectivity index (χ0n) is 20.3. The number of imidazole rings is 1.